The van der Waals surface area contributed by atoms with Gasteiger partial charge in [-0.2, -0.15) is 0 Å². The smallest absolute Gasteiger partial charge is 0.174 e. The molecule has 0 saturated carbocycles. The van der Waals surface area contributed by atoms with E-state index in [0.717, 1.165) is 16.7 Å². The van der Waals surface area contributed by atoms with Crippen molar-refractivity contribution in [3.8, 4) is 5.75 Å². The highest BCUT2D eigenvalue weighted by Gasteiger charge is 2.07. The zero-order valence-electron chi connectivity index (χ0n) is 8.63. The number of hydrogen-bond donors (Lipinski definition) is 1. The summed E-state index contributed by atoms with van der Waals surface area (Å²) in [6, 6.07) is 3.95. The van der Waals surface area contributed by atoms with Crippen LogP contribution in [0.3, 0.4) is 0 Å². The van der Waals surface area contributed by atoms with E-state index in [1.54, 1.807) is 0 Å². The van der Waals surface area contributed by atoms with E-state index in [4.69, 9.17) is 0 Å². The molecule has 0 fully saturated rings. The third-order valence-corrected chi connectivity index (χ3v) is 2.02. The first-order chi connectivity index (χ1) is 6.02. The van der Waals surface area contributed by atoms with E-state index in [0.29, 0.717) is 5.75 Å². The summed E-state index contributed by atoms with van der Waals surface area (Å²) in [5, 5.41) is 9.77. The quantitative estimate of drug-likeness (QED) is 0.513. The highest BCUT2D eigenvalue weighted by molar-refractivity contribution is 5.82. The van der Waals surface area contributed by atoms with Crippen LogP contribution in [0, 0.1) is 13.8 Å². The largest absolute Gasteiger partial charge is 0.507 e. The zero-order valence-corrected chi connectivity index (χ0v) is 8.63. The third kappa shape index (κ3) is 2.08. The molecule has 0 aromatic heterocycles. The average molecular weight is 178 g/mol. The van der Waals surface area contributed by atoms with E-state index >= 15 is 0 Å². The van der Waals surface area contributed by atoms with Crippen molar-refractivity contribution in [1.29, 1.82) is 0 Å². The van der Waals surface area contributed by atoms with Gasteiger partial charge in [-0.1, -0.05) is 12.1 Å². The minimum atomic E-state index is 0.383. The maximum atomic E-state index is 9.77. The summed E-state index contributed by atoms with van der Waals surface area (Å²) in [5.74, 6) is 0.383. The minimum absolute atomic E-state index is 0.383. The molecule has 1 N–H and O–H groups in total. The number of phenolic OH excluding ortho intramolecular Hbond substituents is 1. The lowest BCUT2D eigenvalue weighted by Crippen LogP contribution is -2.02. The number of phenols is 1. The summed E-state index contributed by atoms with van der Waals surface area (Å²) in [6.45, 7) is 3.90. The molecule has 13 heavy (non-hydrogen) atoms. The molecule has 1 aromatic rings. The fourth-order valence-corrected chi connectivity index (χ4v) is 1.24. The van der Waals surface area contributed by atoms with Gasteiger partial charge in [0.1, 0.15) is 19.8 Å². The zero-order chi connectivity index (χ0) is 10.0. The molecule has 0 bridgehead atoms. The first-order valence-corrected chi connectivity index (χ1v) is 4.33. The molecule has 70 valence electrons. The summed E-state index contributed by atoms with van der Waals surface area (Å²) in [6.07, 6.45) is 1.93. The van der Waals surface area contributed by atoms with Crippen LogP contribution in [-0.2, 0) is 0 Å². The molecule has 1 aromatic carbocycles. The molecular weight excluding hydrogens is 162 g/mol. The predicted molar refractivity (Wildman–Crippen MR) is 54.9 cm³/mol. The first-order valence-electron chi connectivity index (χ1n) is 4.33. The number of rotatable bonds is 1. The summed E-state index contributed by atoms with van der Waals surface area (Å²) >= 11 is 0. The maximum absolute atomic E-state index is 9.77. The van der Waals surface area contributed by atoms with Crippen LogP contribution in [0.1, 0.15) is 16.7 Å². The second kappa shape index (κ2) is 3.60. The SMILES string of the molecule is Cc1ccc(C)c(C=[N+](C)C)c1O. The summed E-state index contributed by atoms with van der Waals surface area (Å²) in [7, 11) is 3.89. The van der Waals surface area contributed by atoms with Crippen LogP contribution in [0.4, 0.5) is 0 Å². The van der Waals surface area contributed by atoms with Gasteiger partial charge in [-0.3, -0.25) is 0 Å². The number of hydrogen-bond acceptors (Lipinski definition) is 1. The Kier molecular flexibility index (Phi) is 2.71. The molecule has 0 atom stereocenters. The predicted octanol–water partition coefficient (Wildman–Crippen LogP) is 1.70. The van der Waals surface area contributed by atoms with Crippen LogP contribution in [-0.4, -0.2) is 30.0 Å². The highest BCUT2D eigenvalue weighted by atomic mass is 16.3. The number of aryl methyl sites for hydroxylation is 2. The van der Waals surface area contributed by atoms with Crippen LogP contribution in [0.2, 0.25) is 0 Å². The van der Waals surface area contributed by atoms with Gasteiger partial charge < -0.3 is 5.11 Å². The Balaban J connectivity index is 3.34. The molecule has 0 heterocycles. The van der Waals surface area contributed by atoms with Gasteiger partial charge in [0.05, 0.1) is 5.56 Å². The fraction of sp³-hybridized carbons (Fsp3) is 0.364. The Morgan fingerprint density at radius 3 is 2.23 bits per heavy atom. The third-order valence-electron chi connectivity index (χ3n) is 2.02. The van der Waals surface area contributed by atoms with Crippen LogP contribution >= 0.6 is 0 Å². The van der Waals surface area contributed by atoms with Crippen LogP contribution in [0.5, 0.6) is 5.75 Å². The van der Waals surface area contributed by atoms with Crippen molar-refractivity contribution in [2.45, 2.75) is 13.8 Å². The second-order valence-corrected chi connectivity index (χ2v) is 3.55. The highest BCUT2D eigenvalue weighted by Crippen LogP contribution is 2.22. The van der Waals surface area contributed by atoms with Crippen molar-refractivity contribution in [3.63, 3.8) is 0 Å². The Hall–Kier alpha value is -1.31. The Bertz CT molecular complexity index is 349. The molecule has 0 unspecified atom stereocenters. The van der Waals surface area contributed by atoms with Gasteiger partial charge in [0.2, 0.25) is 0 Å². The Labute approximate surface area is 79.2 Å². The number of aromatic hydroxyl groups is 1. The summed E-state index contributed by atoms with van der Waals surface area (Å²) in [4.78, 5) is 0. The van der Waals surface area contributed by atoms with Gasteiger partial charge in [-0.15, -0.1) is 0 Å². The second-order valence-electron chi connectivity index (χ2n) is 3.55. The van der Waals surface area contributed by atoms with E-state index < -0.39 is 0 Å². The van der Waals surface area contributed by atoms with Gasteiger partial charge in [0.15, 0.2) is 6.21 Å². The molecular formula is C11H16NO+. The molecule has 0 radical (unpaired) electrons. The van der Waals surface area contributed by atoms with Crippen LogP contribution < -0.4 is 0 Å². The topological polar surface area (TPSA) is 23.2 Å². The van der Waals surface area contributed by atoms with Crippen molar-refractivity contribution >= 4 is 6.21 Å². The lowest BCUT2D eigenvalue weighted by Gasteiger charge is -2.04. The maximum Gasteiger partial charge on any atom is 0.174 e. The Morgan fingerprint density at radius 1 is 1.15 bits per heavy atom. The monoisotopic (exact) mass is 178 g/mol. The van der Waals surface area contributed by atoms with Gasteiger partial charge >= 0.3 is 0 Å². The lowest BCUT2D eigenvalue weighted by molar-refractivity contribution is -0.458. The number of nitrogens with zero attached hydrogens (tertiary/aromatic N) is 1. The molecule has 0 spiro atoms. The first kappa shape index (κ1) is 9.78. The molecule has 1 rings (SSSR count). The molecule has 0 aliphatic heterocycles. The molecule has 0 aliphatic rings. The molecule has 2 heteroatoms. The Morgan fingerprint density at radius 2 is 1.69 bits per heavy atom. The van der Waals surface area contributed by atoms with Gasteiger partial charge in [0.25, 0.3) is 0 Å². The lowest BCUT2D eigenvalue weighted by atomic mass is 10.0. The van der Waals surface area contributed by atoms with Crippen molar-refractivity contribution in [3.05, 3.63) is 28.8 Å². The van der Waals surface area contributed by atoms with Gasteiger partial charge in [-0.25, -0.2) is 4.58 Å². The van der Waals surface area contributed by atoms with Gasteiger partial charge in [-0.05, 0) is 25.0 Å². The van der Waals surface area contributed by atoms with Crippen molar-refractivity contribution in [2.24, 2.45) is 0 Å². The van der Waals surface area contributed by atoms with E-state index in [2.05, 4.69) is 0 Å². The van der Waals surface area contributed by atoms with Gasteiger partial charge in [0, 0.05) is 0 Å². The molecule has 0 amide bonds. The van der Waals surface area contributed by atoms with E-state index in [1.807, 2.05) is 50.9 Å². The molecule has 0 aliphatic carbocycles. The fourth-order valence-electron chi connectivity index (χ4n) is 1.24. The molecule has 2 nitrogen and oxygen atoms in total. The van der Waals surface area contributed by atoms with E-state index in [9.17, 15) is 5.11 Å². The summed E-state index contributed by atoms with van der Waals surface area (Å²) in [5.41, 5.74) is 2.92. The van der Waals surface area contributed by atoms with Crippen LogP contribution in [0.25, 0.3) is 0 Å². The normalized spacial score (nSPS) is 9.85. The van der Waals surface area contributed by atoms with Crippen molar-refractivity contribution < 1.29 is 9.68 Å². The number of benzene rings is 1. The minimum Gasteiger partial charge on any atom is -0.507 e. The summed E-state index contributed by atoms with van der Waals surface area (Å²) < 4.78 is 1.93. The van der Waals surface area contributed by atoms with Crippen molar-refractivity contribution in [2.75, 3.05) is 14.1 Å². The van der Waals surface area contributed by atoms with E-state index in [-0.39, 0.29) is 0 Å². The van der Waals surface area contributed by atoms with Crippen LogP contribution in [0.15, 0.2) is 12.1 Å². The standard InChI is InChI=1S/C11H15NO/c1-8-5-6-9(2)11(13)10(8)7-12(3)4/h5-7H,1-4H3/p+1. The molecule has 0 saturated heterocycles. The average Bonchev–Trinajstić information content (AvgIpc) is 2.05. The van der Waals surface area contributed by atoms with E-state index in [1.165, 1.54) is 0 Å². The van der Waals surface area contributed by atoms with Crippen molar-refractivity contribution in [1.82, 2.24) is 0 Å².